The summed E-state index contributed by atoms with van der Waals surface area (Å²) >= 11 is 5.46. The Bertz CT molecular complexity index is 648. The Morgan fingerprint density at radius 3 is 2.50 bits per heavy atom. The molecule has 1 rings (SSSR count). The standard InChI is InChI=1S/C13H10ClF2N3O3/c1-2-22-13(21)19-12(20)7(5-17)6-18-11-9(15)3-8(14)4-10(11)16/h3-4,6,18H,2H2,1H3,(H,19,20,21)/b7-6-. The van der Waals surface area contributed by atoms with Crippen LogP contribution in [0.15, 0.2) is 23.9 Å². The maximum Gasteiger partial charge on any atom is 0.414 e. The van der Waals surface area contributed by atoms with E-state index in [1.807, 2.05) is 0 Å². The molecule has 0 saturated heterocycles. The topological polar surface area (TPSA) is 91.2 Å². The van der Waals surface area contributed by atoms with Gasteiger partial charge in [-0.3, -0.25) is 10.1 Å². The van der Waals surface area contributed by atoms with Crippen LogP contribution in [0.25, 0.3) is 0 Å². The molecule has 0 bridgehead atoms. The van der Waals surface area contributed by atoms with Gasteiger partial charge < -0.3 is 10.1 Å². The molecule has 0 saturated carbocycles. The SMILES string of the molecule is CCOC(=O)NC(=O)/C(C#N)=C\Nc1c(F)cc(Cl)cc1F. The Kier molecular flexibility index (Phi) is 6.28. The molecule has 2 amide bonds. The number of hydrogen-bond acceptors (Lipinski definition) is 5. The summed E-state index contributed by atoms with van der Waals surface area (Å²) < 4.78 is 31.5. The van der Waals surface area contributed by atoms with Crippen LogP contribution in [-0.2, 0) is 9.53 Å². The van der Waals surface area contributed by atoms with Crippen molar-refractivity contribution >= 4 is 29.3 Å². The molecule has 6 nitrogen and oxygen atoms in total. The van der Waals surface area contributed by atoms with Crippen LogP contribution in [0.1, 0.15) is 6.92 Å². The zero-order valence-corrected chi connectivity index (χ0v) is 12.0. The van der Waals surface area contributed by atoms with Crippen LogP contribution < -0.4 is 10.6 Å². The second-order valence-electron chi connectivity index (χ2n) is 3.73. The van der Waals surface area contributed by atoms with E-state index < -0.39 is 34.9 Å². The molecule has 0 fully saturated rings. The van der Waals surface area contributed by atoms with Crippen molar-refractivity contribution in [2.75, 3.05) is 11.9 Å². The molecule has 0 atom stereocenters. The number of carbonyl (C=O) groups excluding carboxylic acids is 2. The summed E-state index contributed by atoms with van der Waals surface area (Å²) in [5.74, 6) is -3.10. The number of anilines is 1. The van der Waals surface area contributed by atoms with Gasteiger partial charge >= 0.3 is 6.09 Å². The molecule has 0 heterocycles. The fourth-order valence-corrected chi connectivity index (χ4v) is 1.49. The van der Waals surface area contributed by atoms with Crippen LogP contribution in [0.5, 0.6) is 0 Å². The number of nitrogens with zero attached hydrogens (tertiary/aromatic N) is 1. The van der Waals surface area contributed by atoms with E-state index in [1.54, 1.807) is 5.32 Å². The number of ether oxygens (including phenoxy) is 1. The number of hydrogen-bond donors (Lipinski definition) is 2. The number of nitriles is 1. The number of rotatable bonds is 4. The second-order valence-corrected chi connectivity index (χ2v) is 4.17. The molecule has 0 radical (unpaired) electrons. The Hall–Kier alpha value is -2.66. The second kappa shape index (κ2) is 7.95. The molecular weight excluding hydrogens is 320 g/mol. The summed E-state index contributed by atoms with van der Waals surface area (Å²) in [6.45, 7) is 1.56. The van der Waals surface area contributed by atoms with Crippen molar-refractivity contribution in [1.82, 2.24) is 5.32 Å². The lowest BCUT2D eigenvalue weighted by Gasteiger charge is -2.06. The normalized spacial score (nSPS) is 10.6. The van der Waals surface area contributed by atoms with Crippen LogP contribution in [0, 0.1) is 23.0 Å². The van der Waals surface area contributed by atoms with E-state index >= 15 is 0 Å². The van der Waals surface area contributed by atoms with Crippen molar-refractivity contribution in [2.24, 2.45) is 0 Å². The highest BCUT2D eigenvalue weighted by Gasteiger charge is 2.15. The third kappa shape index (κ3) is 4.71. The Balaban J connectivity index is 2.89. The number of amides is 2. The summed E-state index contributed by atoms with van der Waals surface area (Å²) in [5.41, 5.74) is -1.18. The van der Waals surface area contributed by atoms with Gasteiger partial charge in [-0.1, -0.05) is 11.6 Å². The largest absolute Gasteiger partial charge is 0.450 e. The van der Waals surface area contributed by atoms with Gasteiger partial charge in [0, 0.05) is 11.2 Å². The fourth-order valence-electron chi connectivity index (χ4n) is 1.30. The minimum absolute atomic E-state index is 0.0319. The molecule has 0 aliphatic heterocycles. The van der Waals surface area contributed by atoms with Crippen molar-refractivity contribution in [2.45, 2.75) is 6.92 Å². The first-order valence-electron chi connectivity index (χ1n) is 5.88. The number of alkyl carbamates (subject to hydrolysis) is 1. The van der Waals surface area contributed by atoms with Crippen molar-refractivity contribution in [3.05, 3.63) is 40.6 Å². The molecule has 9 heteroatoms. The van der Waals surface area contributed by atoms with Gasteiger partial charge in [-0.15, -0.1) is 0 Å². The van der Waals surface area contributed by atoms with E-state index in [0.717, 1.165) is 18.3 Å². The number of carbonyl (C=O) groups is 2. The highest BCUT2D eigenvalue weighted by molar-refractivity contribution is 6.30. The highest BCUT2D eigenvalue weighted by Crippen LogP contribution is 2.23. The van der Waals surface area contributed by atoms with E-state index in [2.05, 4.69) is 10.1 Å². The summed E-state index contributed by atoms with van der Waals surface area (Å²) in [6, 6.07) is 3.18. The van der Waals surface area contributed by atoms with Crippen LogP contribution in [0.2, 0.25) is 5.02 Å². The zero-order valence-electron chi connectivity index (χ0n) is 11.2. The van der Waals surface area contributed by atoms with Crippen molar-refractivity contribution in [3.63, 3.8) is 0 Å². The summed E-state index contributed by atoms with van der Waals surface area (Å²) in [6.07, 6.45) is -0.290. The lowest BCUT2D eigenvalue weighted by atomic mass is 10.2. The van der Waals surface area contributed by atoms with Crippen LogP contribution >= 0.6 is 11.6 Å². The predicted molar refractivity (Wildman–Crippen MR) is 73.9 cm³/mol. The molecule has 116 valence electrons. The molecule has 1 aromatic carbocycles. The number of halogens is 3. The number of nitrogens with one attached hydrogen (secondary N) is 2. The molecular formula is C13H10ClF2N3O3. The fraction of sp³-hybridized carbons (Fsp3) is 0.154. The van der Waals surface area contributed by atoms with Gasteiger partial charge in [-0.05, 0) is 19.1 Å². The van der Waals surface area contributed by atoms with Crippen molar-refractivity contribution in [3.8, 4) is 6.07 Å². The van der Waals surface area contributed by atoms with Crippen LogP contribution in [-0.4, -0.2) is 18.6 Å². The molecule has 2 N–H and O–H groups in total. The summed E-state index contributed by atoms with van der Waals surface area (Å²) in [7, 11) is 0. The van der Waals surface area contributed by atoms with Gasteiger partial charge in [0.05, 0.1) is 6.61 Å². The van der Waals surface area contributed by atoms with Crippen molar-refractivity contribution in [1.29, 1.82) is 5.26 Å². The van der Waals surface area contributed by atoms with Gasteiger partial charge in [-0.2, -0.15) is 5.26 Å². The van der Waals surface area contributed by atoms with Gasteiger partial charge in [0.15, 0.2) is 11.6 Å². The zero-order chi connectivity index (χ0) is 16.7. The average molecular weight is 330 g/mol. The van der Waals surface area contributed by atoms with E-state index in [4.69, 9.17) is 16.9 Å². The van der Waals surface area contributed by atoms with E-state index in [0.29, 0.717) is 0 Å². The maximum absolute atomic E-state index is 13.5. The van der Waals surface area contributed by atoms with E-state index in [1.165, 1.54) is 13.0 Å². The quantitative estimate of drug-likeness (QED) is 0.654. The third-order valence-corrected chi connectivity index (χ3v) is 2.44. The Labute approximate surface area is 129 Å². The smallest absolute Gasteiger partial charge is 0.414 e. The molecule has 0 unspecified atom stereocenters. The first-order valence-corrected chi connectivity index (χ1v) is 6.26. The molecule has 0 aromatic heterocycles. The average Bonchev–Trinajstić information content (AvgIpc) is 2.41. The molecule has 0 aliphatic carbocycles. The lowest BCUT2D eigenvalue weighted by Crippen LogP contribution is -2.32. The Morgan fingerprint density at radius 2 is 2.00 bits per heavy atom. The molecule has 0 spiro atoms. The van der Waals surface area contributed by atoms with Crippen molar-refractivity contribution < 1.29 is 23.1 Å². The molecule has 0 aliphatic rings. The third-order valence-electron chi connectivity index (χ3n) is 2.22. The first kappa shape index (κ1) is 17.4. The van der Waals surface area contributed by atoms with Gasteiger partial charge in [0.2, 0.25) is 0 Å². The van der Waals surface area contributed by atoms with E-state index in [-0.39, 0.29) is 11.6 Å². The predicted octanol–water partition coefficient (Wildman–Crippen LogP) is 2.71. The monoisotopic (exact) mass is 329 g/mol. The summed E-state index contributed by atoms with van der Waals surface area (Å²) in [5, 5.41) is 12.6. The maximum atomic E-state index is 13.5. The minimum Gasteiger partial charge on any atom is -0.450 e. The number of imide groups is 1. The van der Waals surface area contributed by atoms with Crippen LogP contribution in [0.4, 0.5) is 19.3 Å². The number of benzene rings is 1. The Morgan fingerprint density at radius 1 is 1.41 bits per heavy atom. The summed E-state index contributed by atoms with van der Waals surface area (Å²) in [4.78, 5) is 22.6. The first-order chi connectivity index (χ1) is 10.4. The van der Waals surface area contributed by atoms with E-state index in [9.17, 15) is 18.4 Å². The van der Waals surface area contributed by atoms with Crippen LogP contribution in [0.3, 0.4) is 0 Å². The molecule has 22 heavy (non-hydrogen) atoms. The lowest BCUT2D eigenvalue weighted by molar-refractivity contribution is -0.116. The minimum atomic E-state index is -1.08. The van der Waals surface area contributed by atoms with Gasteiger partial charge in [0.25, 0.3) is 5.91 Å². The highest BCUT2D eigenvalue weighted by atomic mass is 35.5. The van der Waals surface area contributed by atoms with Gasteiger partial charge in [-0.25, -0.2) is 13.6 Å². The van der Waals surface area contributed by atoms with Gasteiger partial charge in [0.1, 0.15) is 17.3 Å². The molecule has 1 aromatic rings.